The van der Waals surface area contributed by atoms with Crippen LogP contribution in [0.4, 0.5) is 0 Å². The first-order valence-corrected chi connectivity index (χ1v) is 9.74. The van der Waals surface area contributed by atoms with Crippen molar-refractivity contribution in [2.24, 2.45) is 5.92 Å². The molecule has 0 bridgehead atoms. The van der Waals surface area contributed by atoms with E-state index in [2.05, 4.69) is 39.6 Å². The number of benzene rings is 1. The lowest BCUT2D eigenvalue weighted by molar-refractivity contribution is -0.126. The number of amides is 1. The van der Waals surface area contributed by atoms with Crippen LogP contribution in [0.2, 0.25) is 0 Å². The van der Waals surface area contributed by atoms with Crippen molar-refractivity contribution in [2.45, 2.75) is 25.8 Å². The highest BCUT2D eigenvalue weighted by Gasteiger charge is 2.28. The molecule has 3 rings (SSSR count). The lowest BCUT2D eigenvalue weighted by atomic mass is 9.93. The summed E-state index contributed by atoms with van der Waals surface area (Å²) in [6.45, 7) is 3.67. The number of hydrogen-bond donors (Lipinski definition) is 2. The van der Waals surface area contributed by atoms with Crippen LogP contribution in [0, 0.1) is 12.8 Å². The third-order valence-electron chi connectivity index (χ3n) is 5.14. The number of thiocarbonyl (C=S) groups is 1. The van der Waals surface area contributed by atoms with E-state index in [9.17, 15) is 4.79 Å². The van der Waals surface area contributed by atoms with Gasteiger partial charge < -0.3 is 15.5 Å². The maximum Gasteiger partial charge on any atom is 0.224 e. The standard InChI is InChI=1S/C21H26N4OS/c1-15-7-3-4-8-17(15)19(18-9-5-6-12-23-18)24-20(26)16-10-13-25(14-11-16)21(27)22-2/h3-9,12,16,19H,10-11,13-14H2,1-2H3,(H,22,27)(H,24,26). The average Bonchev–Trinajstić information content (AvgIpc) is 2.72. The van der Waals surface area contributed by atoms with E-state index in [-0.39, 0.29) is 17.9 Å². The number of carbonyl (C=O) groups excluding carboxylic acids is 1. The van der Waals surface area contributed by atoms with Crippen LogP contribution >= 0.6 is 12.2 Å². The van der Waals surface area contributed by atoms with Crippen molar-refractivity contribution in [1.82, 2.24) is 20.5 Å². The number of nitrogens with one attached hydrogen (secondary N) is 2. The Morgan fingerprint density at radius 2 is 1.89 bits per heavy atom. The average molecular weight is 383 g/mol. The SMILES string of the molecule is CNC(=S)N1CCC(C(=O)NC(c2ccccn2)c2ccccc2C)CC1. The summed E-state index contributed by atoms with van der Waals surface area (Å²) in [4.78, 5) is 19.6. The van der Waals surface area contributed by atoms with Gasteiger partial charge in [-0.05, 0) is 55.2 Å². The molecular formula is C21H26N4OS. The summed E-state index contributed by atoms with van der Waals surface area (Å²) in [5.74, 6) is 0.0834. The molecule has 1 saturated heterocycles. The second-order valence-electron chi connectivity index (χ2n) is 6.87. The molecule has 0 radical (unpaired) electrons. The van der Waals surface area contributed by atoms with Crippen molar-refractivity contribution >= 4 is 23.2 Å². The van der Waals surface area contributed by atoms with E-state index in [1.807, 2.05) is 37.4 Å². The summed E-state index contributed by atoms with van der Waals surface area (Å²) in [7, 11) is 1.83. The zero-order valence-corrected chi connectivity index (χ0v) is 16.6. The smallest absolute Gasteiger partial charge is 0.224 e. The van der Waals surface area contributed by atoms with E-state index in [1.165, 1.54) is 0 Å². The molecular weight excluding hydrogens is 356 g/mol. The van der Waals surface area contributed by atoms with Gasteiger partial charge in [0.05, 0.1) is 11.7 Å². The highest BCUT2D eigenvalue weighted by Crippen LogP contribution is 2.25. The van der Waals surface area contributed by atoms with Gasteiger partial charge >= 0.3 is 0 Å². The van der Waals surface area contributed by atoms with E-state index >= 15 is 0 Å². The topological polar surface area (TPSA) is 57.3 Å². The van der Waals surface area contributed by atoms with Crippen molar-refractivity contribution < 1.29 is 4.79 Å². The minimum absolute atomic E-state index is 0.00358. The Bertz CT molecular complexity index is 788. The van der Waals surface area contributed by atoms with Gasteiger partial charge in [0.2, 0.25) is 5.91 Å². The molecule has 1 aliphatic rings. The lowest BCUT2D eigenvalue weighted by Gasteiger charge is -2.33. The lowest BCUT2D eigenvalue weighted by Crippen LogP contribution is -2.46. The van der Waals surface area contributed by atoms with Gasteiger partial charge in [-0.1, -0.05) is 30.3 Å². The summed E-state index contributed by atoms with van der Waals surface area (Å²) in [6.07, 6.45) is 3.37. The third-order valence-corrected chi connectivity index (χ3v) is 5.60. The molecule has 6 heteroatoms. The summed E-state index contributed by atoms with van der Waals surface area (Å²) in [5.41, 5.74) is 3.08. The van der Waals surface area contributed by atoms with E-state index < -0.39 is 0 Å². The van der Waals surface area contributed by atoms with E-state index in [1.54, 1.807) is 6.20 Å². The first-order chi connectivity index (χ1) is 13.1. The third kappa shape index (κ3) is 4.63. The minimum atomic E-state index is -0.240. The Labute approximate surface area is 166 Å². The maximum absolute atomic E-state index is 13.0. The van der Waals surface area contributed by atoms with Crippen molar-refractivity contribution in [3.05, 3.63) is 65.5 Å². The number of nitrogens with zero attached hydrogens (tertiary/aromatic N) is 2. The molecule has 2 aromatic rings. The number of pyridine rings is 1. The number of aryl methyl sites for hydroxylation is 1. The molecule has 142 valence electrons. The fraction of sp³-hybridized carbons (Fsp3) is 0.381. The molecule has 1 aromatic carbocycles. The van der Waals surface area contributed by atoms with Crippen LogP contribution in [-0.4, -0.2) is 41.0 Å². The first kappa shape index (κ1) is 19.3. The second-order valence-corrected chi connectivity index (χ2v) is 7.26. The Kier molecular flexibility index (Phi) is 6.40. The van der Waals surface area contributed by atoms with Crippen molar-refractivity contribution in [2.75, 3.05) is 20.1 Å². The Balaban J connectivity index is 1.74. The number of aromatic nitrogens is 1. The fourth-order valence-corrected chi connectivity index (χ4v) is 3.71. The molecule has 1 aliphatic heterocycles. The van der Waals surface area contributed by atoms with Crippen LogP contribution < -0.4 is 10.6 Å². The largest absolute Gasteiger partial charge is 0.366 e. The van der Waals surface area contributed by atoms with Crippen LogP contribution in [-0.2, 0) is 4.79 Å². The van der Waals surface area contributed by atoms with Crippen LogP contribution in [0.5, 0.6) is 0 Å². The van der Waals surface area contributed by atoms with Crippen LogP contribution in [0.3, 0.4) is 0 Å². The first-order valence-electron chi connectivity index (χ1n) is 9.33. The molecule has 1 fully saturated rings. The van der Waals surface area contributed by atoms with E-state index in [4.69, 9.17) is 12.2 Å². The predicted molar refractivity (Wildman–Crippen MR) is 111 cm³/mol. The molecule has 1 unspecified atom stereocenters. The molecule has 1 aromatic heterocycles. The molecule has 0 spiro atoms. The number of carbonyl (C=O) groups is 1. The number of piperidine rings is 1. The van der Waals surface area contributed by atoms with Gasteiger partial charge in [0.15, 0.2) is 5.11 Å². The number of rotatable bonds is 4. The number of hydrogen-bond acceptors (Lipinski definition) is 3. The zero-order chi connectivity index (χ0) is 19.2. The molecule has 0 saturated carbocycles. The molecule has 0 aliphatic carbocycles. The molecule has 5 nitrogen and oxygen atoms in total. The summed E-state index contributed by atoms with van der Waals surface area (Å²) >= 11 is 5.30. The molecule has 2 heterocycles. The normalized spacial score (nSPS) is 15.9. The highest BCUT2D eigenvalue weighted by molar-refractivity contribution is 7.80. The Hall–Kier alpha value is -2.47. The Morgan fingerprint density at radius 3 is 2.52 bits per heavy atom. The van der Waals surface area contributed by atoms with Gasteiger partial charge in [0.1, 0.15) is 0 Å². The quantitative estimate of drug-likeness (QED) is 0.797. The van der Waals surface area contributed by atoms with Gasteiger partial charge in [-0.2, -0.15) is 0 Å². The minimum Gasteiger partial charge on any atom is -0.366 e. The van der Waals surface area contributed by atoms with E-state index in [0.717, 1.165) is 47.9 Å². The van der Waals surface area contributed by atoms with Crippen LogP contribution in [0.1, 0.15) is 35.7 Å². The van der Waals surface area contributed by atoms with Crippen molar-refractivity contribution in [1.29, 1.82) is 0 Å². The zero-order valence-electron chi connectivity index (χ0n) is 15.8. The van der Waals surface area contributed by atoms with Gasteiger partial charge in [-0.25, -0.2) is 0 Å². The molecule has 1 atom stereocenters. The maximum atomic E-state index is 13.0. The van der Waals surface area contributed by atoms with Crippen molar-refractivity contribution in [3.63, 3.8) is 0 Å². The number of likely N-dealkylation sites (tertiary alicyclic amines) is 1. The summed E-state index contributed by atoms with van der Waals surface area (Å²) in [5, 5.41) is 7.01. The predicted octanol–water partition coefficient (Wildman–Crippen LogP) is 2.81. The van der Waals surface area contributed by atoms with Gasteiger partial charge in [0.25, 0.3) is 0 Å². The molecule has 1 amide bonds. The van der Waals surface area contributed by atoms with Gasteiger partial charge in [-0.15, -0.1) is 0 Å². The van der Waals surface area contributed by atoms with Crippen molar-refractivity contribution in [3.8, 4) is 0 Å². The molecule has 27 heavy (non-hydrogen) atoms. The van der Waals surface area contributed by atoms with Crippen LogP contribution in [0.15, 0.2) is 48.7 Å². The fourth-order valence-electron chi connectivity index (χ4n) is 3.53. The van der Waals surface area contributed by atoms with Crippen LogP contribution in [0.25, 0.3) is 0 Å². The van der Waals surface area contributed by atoms with Gasteiger partial charge in [0, 0.05) is 32.3 Å². The Morgan fingerprint density at radius 1 is 1.19 bits per heavy atom. The summed E-state index contributed by atoms with van der Waals surface area (Å²) < 4.78 is 0. The summed E-state index contributed by atoms with van der Waals surface area (Å²) in [6, 6.07) is 13.7. The highest BCUT2D eigenvalue weighted by atomic mass is 32.1. The van der Waals surface area contributed by atoms with Gasteiger partial charge in [-0.3, -0.25) is 9.78 Å². The second kappa shape index (κ2) is 8.95. The van der Waals surface area contributed by atoms with E-state index in [0.29, 0.717) is 0 Å². The monoisotopic (exact) mass is 382 g/mol. The molecule has 2 N–H and O–H groups in total.